The van der Waals surface area contributed by atoms with Crippen LogP contribution in [0.2, 0.25) is 0 Å². The van der Waals surface area contributed by atoms with Crippen molar-refractivity contribution in [2.24, 2.45) is 0 Å². The highest BCUT2D eigenvalue weighted by Crippen LogP contribution is 2.13. The van der Waals surface area contributed by atoms with Crippen LogP contribution >= 0.6 is 11.3 Å². The van der Waals surface area contributed by atoms with E-state index in [0.29, 0.717) is 19.6 Å². The smallest absolute Gasteiger partial charge is 0.307 e. The fourth-order valence-corrected chi connectivity index (χ4v) is 1.66. The highest BCUT2D eigenvalue weighted by Gasteiger charge is 2.02. The highest BCUT2D eigenvalue weighted by atomic mass is 32.1. The van der Waals surface area contributed by atoms with Gasteiger partial charge in [0, 0.05) is 11.9 Å². The Kier molecular flexibility index (Phi) is 4.39. The quantitative estimate of drug-likeness (QED) is 0.759. The maximum atomic E-state index is 11.0. The maximum Gasteiger partial charge on any atom is 0.307 e. The van der Waals surface area contributed by atoms with Gasteiger partial charge < -0.3 is 10.1 Å². The van der Waals surface area contributed by atoms with E-state index in [2.05, 4.69) is 10.3 Å². The number of esters is 1. The number of hydrogen-bond acceptors (Lipinski definition) is 5. The van der Waals surface area contributed by atoms with Crippen molar-refractivity contribution in [1.82, 2.24) is 4.98 Å². The second kappa shape index (κ2) is 5.59. The van der Waals surface area contributed by atoms with Gasteiger partial charge in [0.15, 0.2) is 5.13 Å². The van der Waals surface area contributed by atoms with Crippen molar-refractivity contribution >= 4 is 22.4 Å². The van der Waals surface area contributed by atoms with Gasteiger partial charge in [0.2, 0.25) is 0 Å². The van der Waals surface area contributed by atoms with Gasteiger partial charge in [-0.3, -0.25) is 4.79 Å². The second-order valence-corrected chi connectivity index (χ2v) is 3.63. The van der Waals surface area contributed by atoms with Crippen LogP contribution < -0.4 is 5.32 Å². The molecule has 0 radical (unpaired) electrons. The topological polar surface area (TPSA) is 51.2 Å². The molecule has 0 bridgehead atoms. The molecule has 5 heteroatoms. The van der Waals surface area contributed by atoms with E-state index in [1.807, 2.05) is 12.3 Å². The zero-order chi connectivity index (χ0) is 10.4. The molecule has 78 valence electrons. The zero-order valence-corrected chi connectivity index (χ0v) is 9.19. The summed E-state index contributed by atoms with van der Waals surface area (Å²) in [6.07, 6.45) is 0.381. The molecular formula is C9H14N2O2S. The molecule has 0 amide bonds. The minimum atomic E-state index is -0.173. The van der Waals surface area contributed by atoms with Crippen molar-refractivity contribution in [3.63, 3.8) is 0 Å². The molecule has 1 rings (SSSR count). The minimum absolute atomic E-state index is 0.173. The first-order valence-electron chi connectivity index (χ1n) is 4.54. The Balaban J connectivity index is 2.18. The number of aryl methyl sites for hydroxylation is 1. The van der Waals surface area contributed by atoms with Crippen LogP contribution in [0.4, 0.5) is 5.13 Å². The highest BCUT2D eigenvalue weighted by molar-refractivity contribution is 7.13. The van der Waals surface area contributed by atoms with Gasteiger partial charge in [-0.25, -0.2) is 4.98 Å². The number of carbonyl (C=O) groups excluding carboxylic acids is 1. The molecule has 0 spiro atoms. The third kappa shape index (κ3) is 3.74. The van der Waals surface area contributed by atoms with Crippen LogP contribution in [0.3, 0.4) is 0 Å². The summed E-state index contributed by atoms with van der Waals surface area (Å²) in [4.78, 5) is 15.2. The number of carbonyl (C=O) groups is 1. The number of nitrogens with zero attached hydrogens (tertiary/aromatic N) is 1. The number of nitrogens with one attached hydrogen (secondary N) is 1. The molecule has 0 saturated carbocycles. The third-order valence-corrected chi connectivity index (χ3v) is 2.45. The van der Waals surface area contributed by atoms with Gasteiger partial charge >= 0.3 is 5.97 Å². The van der Waals surface area contributed by atoms with Gasteiger partial charge in [0.25, 0.3) is 0 Å². The SMILES string of the molecule is CCOC(=O)CCNc1nc(C)cs1. The van der Waals surface area contributed by atoms with Gasteiger partial charge in [0.1, 0.15) is 0 Å². The molecule has 0 atom stereocenters. The van der Waals surface area contributed by atoms with E-state index in [9.17, 15) is 4.79 Å². The van der Waals surface area contributed by atoms with Crippen molar-refractivity contribution in [2.45, 2.75) is 20.3 Å². The Labute approximate surface area is 87.3 Å². The first kappa shape index (κ1) is 11.0. The van der Waals surface area contributed by atoms with Crippen LogP contribution in [-0.2, 0) is 9.53 Å². The molecule has 0 aliphatic heterocycles. The molecule has 1 heterocycles. The third-order valence-electron chi connectivity index (χ3n) is 1.53. The standard InChI is InChI=1S/C9H14N2O2S/c1-3-13-8(12)4-5-10-9-11-7(2)6-14-9/h6H,3-5H2,1-2H3,(H,10,11). The molecule has 0 aliphatic carbocycles. The number of anilines is 1. The molecule has 0 saturated heterocycles. The van der Waals surface area contributed by atoms with Gasteiger partial charge in [-0.15, -0.1) is 11.3 Å². The summed E-state index contributed by atoms with van der Waals surface area (Å²) >= 11 is 1.54. The summed E-state index contributed by atoms with van der Waals surface area (Å²) < 4.78 is 4.79. The lowest BCUT2D eigenvalue weighted by atomic mass is 10.4. The van der Waals surface area contributed by atoms with E-state index >= 15 is 0 Å². The summed E-state index contributed by atoms with van der Waals surface area (Å²) in [7, 11) is 0. The lowest BCUT2D eigenvalue weighted by Gasteiger charge is -2.02. The largest absolute Gasteiger partial charge is 0.466 e. The fraction of sp³-hybridized carbons (Fsp3) is 0.556. The fourth-order valence-electron chi connectivity index (χ4n) is 0.940. The Bertz CT molecular complexity index is 299. The predicted molar refractivity (Wildman–Crippen MR) is 56.6 cm³/mol. The van der Waals surface area contributed by atoms with E-state index in [0.717, 1.165) is 10.8 Å². The number of rotatable bonds is 5. The predicted octanol–water partition coefficient (Wildman–Crippen LogP) is 1.82. The number of ether oxygens (including phenoxy) is 1. The summed E-state index contributed by atoms with van der Waals surface area (Å²) in [6.45, 7) is 4.75. The average Bonchev–Trinajstić information content (AvgIpc) is 2.52. The molecule has 1 aromatic heterocycles. The average molecular weight is 214 g/mol. The van der Waals surface area contributed by atoms with Gasteiger partial charge in [0.05, 0.1) is 18.7 Å². The summed E-state index contributed by atoms with van der Waals surface area (Å²) in [5.74, 6) is -0.173. The van der Waals surface area contributed by atoms with Crippen LogP contribution in [0.5, 0.6) is 0 Å². The Morgan fingerprint density at radius 1 is 1.71 bits per heavy atom. The van der Waals surface area contributed by atoms with Crippen LogP contribution in [0, 0.1) is 6.92 Å². The van der Waals surface area contributed by atoms with Crippen molar-refractivity contribution in [3.8, 4) is 0 Å². The molecule has 0 aliphatic rings. The van der Waals surface area contributed by atoms with E-state index in [4.69, 9.17) is 4.74 Å². The zero-order valence-electron chi connectivity index (χ0n) is 8.37. The van der Waals surface area contributed by atoms with Crippen molar-refractivity contribution in [3.05, 3.63) is 11.1 Å². The van der Waals surface area contributed by atoms with E-state index in [1.165, 1.54) is 0 Å². The van der Waals surface area contributed by atoms with E-state index in [-0.39, 0.29) is 5.97 Å². The van der Waals surface area contributed by atoms with Crippen molar-refractivity contribution in [1.29, 1.82) is 0 Å². The van der Waals surface area contributed by atoms with Gasteiger partial charge in [-0.05, 0) is 13.8 Å². The number of aromatic nitrogens is 1. The minimum Gasteiger partial charge on any atom is -0.466 e. The maximum absolute atomic E-state index is 11.0. The van der Waals surface area contributed by atoms with Crippen LogP contribution in [-0.4, -0.2) is 24.1 Å². The monoisotopic (exact) mass is 214 g/mol. The Morgan fingerprint density at radius 2 is 2.50 bits per heavy atom. The summed E-state index contributed by atoms with van der Waals surface area (Å²) in [6, 6.07) is 0. The van der Waals surface area contributed by atoms with Gasteiger partial charge in [-0.2, -0.15) is 0 Å². The summed E-state index contributed by atoms with van der Waals surface area (Å²) in [5.41, 5.74) is 0.994. The molecule has 0 unspecified atom stereocenters. The Hall–Kier alpha value is -1.10. The normalized spacial score (nSPS) is 9.86. The van der Waals surface area contributed by atoms with Crippen molar-refractivity contribution in [2.75, 3.05) is 18.5 Å². The number of hydrogen-bond donors (Lipinski definition) is 1. The first-order valence-corrected chi connectivity index (χ1v) is 5.42. The van der Waals surface area contributed by atoms with E-state index < -0.39 is 0 Å². The second-order valence-electron chi connectivity index (χ2n) is 2.78. The lowest BCUT2D eigenvalue weighted by Crippen LogP contribution is -2.11. The molecule has 0 aromatic carbocycles. The van der Waals surface area contributed by atoms with Crippen LogP contribution in [0.15, 0.2) is 5.38 Å². The first-order chi connectivity index (χ1) is 6.72. The van der Waals surface area contributed by atoms with Crippen LogP contribution in [0.25, 0.3) is 0 Å². The molecule has 1 N–H and O–H groups in total. The van der Waals surface area contributed by atoms with E-state index in [1.54, 1.807) is 18.3 Å². The molecule has 0 fully saturated rings. The summed E-state index contributed by atoms with van der Waals surface area (Å²) in [5, 5.41) is 5.88. The molecule has 14 heavy (non-hydrogen) atoms. The van der Waals surface area contributed by atoms with Gasteiger partial charge in [-0.1, -0.05) is 0 Å². The molecule has 1 aromatic rings. The van der Waals surface area contributed by atoms with Crippen molar-refractivity contribution < 1.29 is 9.53 Å². The van der Waals surface area contributed by atoms with Crippen LogP contribution in [0.1, 0.15) is 19.0 Å². The number of thiazole rings is 1. The lowest BCUT2D eigenvalue weighted by molar-refractivity contribution is -0.142. The molecule has 4 nitrogen and oxygen atoms in total. The Morgan fingerprint density at radius 3 is 3.07 bits per heavy atom. The molecular weight excluding hydrogens is 200 g/mol.